The van der Waals surface area contributed by atoms with Crippen molar-refractivity contribution >= 4 is 29.1 Å². The highest BCUT2D eigenvalue weighted by atomic mass is 35.5. The molecule has 108 valence electrons. The third-order valence-corrected chi connectivity index (χ3v) is 2.85. The number of carbonyl (C=O) groups is 1. The van der Waals surface area contributed by atoms with Gasteiger partial charge in [0.05, 0.1) is 0 Å². The predicted octanol–water partition coefficient (Wildman–Crippen LogP) is 3.10. The van der Waals surface area contributed by atoms with Crippen LogP contribution in [0.1, 0.15) is 16.2 Å². The summed E-state index contributed by atoms with van der Waals surface area (Å²) in [5.41, 5.74) is 1.80. The normalized spacial score (nSPS) is 10.0. The highest BCUT2D eigenvalue weighted by molar-refractivity contribution is 6.30. The molecule has 0 radical (unpaired) electrons. The molecule has 0 unspecified atom stereocenters. The summed E-state index contributed by atoms with van der Waals surface area (Å²) in [6, 6.07) is 8.78. The predicted molar refractivity (Wildman–Crippen MR) is 84.0 cm³/mol. The van der Waals surface area contributed by atoms with Crippen molar-refractivity contribution in [1.82, 2.24) is 15.3 Å². The quantitative estimate of drug-likeness (QED) is 0.833. The molecule has 0 aliphatic carbocycles. The summed E-state index contributed by atoms with van der Waals surface area (Å²) in [4.78, 5) is 20.4. The van der Waals surface area contributed by atoms with Crippen molar-refractivity contribution in [3.63, 3.8) is 0 Å². The Hall–Kier alpha value is -2.40. The fraction of sp³-hybridized carbons (Fsp3) is 0.133. The van der Waals surface area contributed by atoms with E-state index in [1.165, 1.54) is 0 Å². The van der Waals surface area contributed by atoms with Crippen molar-refractivity contribution in [1.29, 1.82) is 0 Å². The zero-order valence-corrected chi connectivity index (χ0v) is 12.3. The lowest BCUT2D eigenvalue weighted by Crippen LogP contribution is -2.24. The average Bonchev–Trinajstić information content (AvgIpc) is 2.46. The van der Waals surface area contributed by atoms with Crippen molar-refractivity contribution in [2.45, 2.75) is 6.92 Å². The van der Waals surface area contributed by atoms with Gasteiger partial charge in [-0.25, -0.2) is 9.97 Å². The minimum atomic E-state index is -0.264. The van der Waals surface area contributed by atoms with E-state index in [4.69, 9.17) is 11.6 Å². The standard InChI is InChI=1S/C15H15ClN4O/c1-3-8-17-14(21)13-9-10(2)18-15(20-13)19-12-6-4-11(16)5-7-12/h3-7,9H,1,8H2,2H3,(H,17,21)(H,18,19,20). The number of nitrogens with zero attached hydrogens (tertiary/aromatic N) is 2. The molecule has 0 spiro atoms. The second-order valence-electron chi connectivity index (χ2n) is 4.35. The van der Waals surface area contributed by atoms with Gasteiger partial charge in [-0.15, -0.1) is 6.58 Å². The maximum Gasteiger partial charge on any atom is 0.270 e. The van der Waals surface area contributed by atoms with Crippen LogP contribution < -0.4 is 10.6 Å². The van der Waals surface area contributed by atoms with Crippen LogP contribution in [0.3, 0.4) is 0 Å². The van der Waals surface area contributed by atoms with Crippen molar-refractivity contribution in [3.8, 4) is 0 Å². The number of aryl methyl sites for hydroxylation is 1. The molecule has 1 aromatic heterocycles. The zero-order chi connectivity index (χ0) is 15.2. The van der Waals surface area contributed by atoms with E-state index in [0.29, 0.717) is 28.9 Å². The molecule has 6 heteroatoms. The molecule has 1 aromatic carbocycles. The minimum absolute atomic E-state index is 0.264. The second-order valence-corrected chi connectivity index (χ2v) is 4.79. The van der Waals surface area contributed by atoms with E-state index in [9.17, 15) is 4.79 Å². The van der Waals surface area contributed by atoms with E-state index in [2.05, 4.69) is 27.2 Å². The van der Waals surface area contributed by atoms with Crippen molar-refractivity contribution in [2.75, 3.05) is 11.9 Å². The summed E-state index contributed by atoms with van der Waals surface area (Å²) < 4.78 is 0. The van der Waals surface area contributed by atoms with Crippen LogP contribution in [0.15, 0.2) is 43.0 Å². The molecule has 0 saturated carbocycles. The summed E-state index contributed by atoms with van der Waals surface area (Å²) in [6.45, 7) is 5.75. The van der Waals surface area contributed by atoms with Gasteiger partial charge in [0.1, 0.15) is 5.69 Å². The first kappa shape index (κ1) is 15.0. The molecule has 0 saturated heterocycles. The third kappa shape index (κ3) is 4.29. The molecular weight excluding hydrogens is 288 g/mol. The Bertz CT molecular complexity index is 655. The molecule has 0 bridgehead atoms. The number of anilines is 2. The monoisotopic (exact) mass is 302 g/mol. The number of halogens is 1. The number of hydrogen-bond donors (Lipinski definition) is 2. The minimum Gasteiger partial charge on any atom is -0.347 e. The summed E-state index contributed by atoms with van der Waals surface area (Å²) in [5.74, 6) is 0.0978. The molecule has 2 rings (SSSR count). The second kappa shape index (κ2) is 6.85. The Balaban J connectivity index is 2.20. The van der Waals surface area contributed by atoms with Gasteiger partial charge in [0.2, 0.25) is 5.95 Å². The average molecular weight is 303 g/mol. The maximum absolute atomic E-state index is 11.9. The molecule has 5 nitrogen and oxygen atoms in total. The van der Waals surface area contributed by atoms with Crippen LogP contribution in [0.25, 0.3) is 0 Å². The van der Waals surface area contributed by atoms with Crippen LogP contribution in [0.5, 0.6) is 0 Å². The van der Waals surface area contributed by atoms with Gasteiger partial charge in [0.25, 0.3) is 5.91 Å². The number of rotatable bonds is 5. The number of aromatic nitrogens is 2. The van der Waals surface area contributed by atoms with Crippen molar-refractivity contribution < 1.29 is 4.79 Å². The van der Waals surface area contributed by atoms with Gasteiger partial charge < -0.3 is 10.6 Å². The van der Waals surface area contributed by atoms with Gasteiger partial charge >= 0.3 is 0 Å². The van der Waals surface area contributed by atoms with Crippen molar-refractivity contribution in [2.24, 2.45) is 0 Å². The lowest BCUT2D eigenvalue weighted by Gasteiger charge is -2.08. The summed E-state index contributed by atoms with van der Waals surface area (Å²) in [7, 11) is 0. The van der Waals surface area contributed by atoms with E-state index in [1.54, 1.807) is 31.2 Å². The molecule has 0 fully saturated rings. The van der Waals surface area contributed by atoms with E-state index >= 15 is 0 Å². The number of amides is 1. The smallest absolute Gasteiger partial charge is 0.270 e. The van der Waals surface area contributed by atoms with Crippen molar-refractivity contribution in [3.05, 3.63) is 59.4 Å². The van der Waals surface area contributed by atoms with Crippen LogP contribution in [-0.4, -0.2) is 22.4 Å². The number of benzene rings is 1. The Labute approximate surface area is 128 Å². The van der Waals surface area contributed by atoms with E-state index in [0.717, 1.165) is 5.69 Å². The first-order valence-corrected chi connectivity index (χ1v) is 6.73. The van der Waals surface area contributed by atoms with Gasteiger partial charge in [-0.1, -0.05) is 17.7 Å². The van der Waals surface area contributed by atoms with Gasteiger partial charge in [-0.05, 0) is 37.3 Å². The molecule has 1 amide bonds. The fourth-order valence-electron chi connectivity index (χ4n) is 1.66. The molecule has 21 heavy (non-hydrogen) atoms. The van der Waals surface area contributed by atoms with Crippen LogP contribution in [0, 0.1) is 6.92 Å². The summed E-state index contributed by atoms with van der Waals surface area (Å²) in [6.07, 6.45) is 1.61. The SMILES string of the molecule is C=CCNC(=O)c1cc(C)nc(Nc2ccc(Cl)cc2)n1. The van der Waals surface area contributed by atoms with Gasteiger partial charge in [0, 0.05) is 22.9 Å². The number of nitrogens with one attached hydrogen (secondary N) is 2. The molecule has 2 aromatic rings. The Morgan fingerprint density at radius 3 is 2.71 bits per heavy atom. The molecule has 1 heterocycles. The lowest BCUT2D eigenvalue weighted by molar-refractivity contribution is 0.0953. The highest BCUT2D eigenvalue weighted by Crippen LogP contribution is 2.17. The first-order valence-electron chi connectivity index (χ1n) is 6.36. The van der Waals surface area contributed by atoms with E-state index < -0.39 is 0 Å². The topological polar surface area (TPSA) is 66.9 Å². The first-order chi connectivity index (χ1) is 10.1. The molecule has 0 aliphatic rings. The van der Waals surface area contributed by atoms with Gasteiger partial charge in [-0.3, -0.25) is 4.79 Å². The Morgan fingerprint density at radius 1 is 1.33 bits per heavy atom. The zero-order valence-electron chi connectivity index (χ0n) is 11.6. The van der Waals surface area contributed by atoms with E-state index in [1.807, 2.05) is 12.1 Å². The summed E-state index contributed by atoms with van der Waals surface area (Å²) >= 11 is 5.84. The van der Waals surface area contributed by atoms with Crippen LogP contribution in [0.2, 0.25) is 5.02 Å². The molecule has 0 aliphatic heterocycles. The highest BCUT2D eigenvalue weighted by Gasteiger charge is 2.09. The number of carbonyl (C=O) groups excluding carboxylic acids is 1. The Kier molecular flexibility index (Phi) is 4.90. The van der Waals surface area contributed by atoms with Crippen LogP contribution in [-0.2, 0) is 0 Å². The van der Waals surface area contributed by atoms with Gasteiger partial charge in [0.15, 0.2) is 0 Å². The molecule has 0 atom stereocenters. The van der Waals surface area contributed by atoms with Gasteiger partial charge in [-0.2, -0.15) is 0 Å². The van der Waals surface area contributed by atoms with E-state index in [-0.39, 0.29) is 5.91 Å². The lowest BCUT2D eigenvalue weighted by atomic mass is 10.3. The fourth-order valence-corrected chi connectivity index (χ4v) is 1.78. The summed E-state index contributed by atoms with van der Waals surface area (Å²) in [5, 5.41) is 6.37. The maximum atomic E-state index is 11.9. The Morgan fingerprint density at radius 2 is 2.05 bits per heavy atom. The van der Waals surface area contributed by atoms with Crippen LogP contribution in [0.4, 0.5) is 11.6 Å². The molecular formula is C15H15ClN4O. The third-order valence-electron chi connectivity index (χ3n) is 2.59. The van der Waals surface area contributed by atoms with Crippen LogP contribution >= 0.6 is 11.6 Å². The number of hydrogen-bond acceptors (Lipinski definition) is 4. The molecule has 2 N–H and O–H groups in total. The largest absolute Gasteiger partial charge is 0.347 e.